The highest BCUT2D eigenvalue weighted by molar-refractivity contribution is 9.10. The summed E-state index contributed by atoms with van der Waals surface area (Å²) >= 11 is 7.00. The Bertz CT molecular complexity index is 617. The Hall–Kier alpha value is -1.20. The fraction of sp³-hybridized carbons (Fsp3) is 0.250. The number of benzene rings is 2. The van der Waals surface area contributed by atoms with Crippen LogP contribution in [-0.4, -0.2) is 13.7 Å². The van der Waals surface area contributed by atoms with Crippen molar-refractivity contribution >= 4 is 37.5 Å². The van der Waals surface area contributed by atoms with Gasteiger partial charge in [-0.3, -0.25) is 0 Å². The molecule has 5 heteroatoms. The van der Waals surface area contributed by atoms with E-state index in [1.54, 1.807) is 7.11 Å². The van der Waals surface area contributed by atoms with E-state index in [0.29, 0.717) is 13.2 Å². The third-order valence-corrected chi connectivity index (χ3v) is 3.98. The van der Waals surface area contributed by atoms with Crippen LogP contribution in [0.15, 0.2) is 45.3 Å². The zero-order valence-corrected chi connectivity index (χ0v) is 15.1. The molecule has 0 atom stereocenters. The van der Waals surface area contributed by atoms with E-state index in [-0.39, 0.29) is 0 Å². The molecule has 0 aliphatic rings. The maximum Gasteiger partial charge on any atom is 0.175 e. The molecular formula is C16H17Br2NO2. The van der Waals surface area contributed by atoms with Gasteiger partial charge in [0.1, 0.15) is 0 Å². The average molecular weight is 415 g/mol. The van der Waals surface area contributed by atoms with Crippen LogP contribution in [0, 0.1) is 0 Å². The quantitative estimate of drug-likeness (QED) is 0.701. The first-order valence-corrected chi connectivity index (χ1v) is 8.21. The molecule has 0 amide bonds. The summed E-state index contributed by atoms with van der Waals surface area (Å²) in [5.74, 6) is 1.48. The van der Waals surface area contributed by atoms with Gasteiger partial charge in [0.25, 0.3) is 0 Å². The molecule has 0 saturated carbocycles. The molecule has 0 fully saturated rings. The summed E-state index contributed by atoms with van der Waals surface area (Å²) in [7, 11) is 1.65. The van der Waals surface area contributed by atoms with E-state index in [1.807, 2.05) is 43.3 Å². The van der Waals surface area contributed by atoms with Gasteiger partial charge in [-0.15, -0.1) is 0 Å². The Morgan fingerprint density at radius 2 is 1.95 bits per heavy atom. The number of hydrogen-bond acceptors (Lipinski definition) is 3. The molecule has 2 rings (SSSR count). The summed E-state index contributed by atoms with van der Waals surface area (Å²) in [6.07, 6.45) is 0. The topological polar surface area (TPSA) is 30.5 Å². The van der Waals surface area contributed by atoms with Crippen molar-refractivity contribution in [3.8, 4) is 11.5 Å². The van der Waals surface area contributed by atoms with Gasteiger partial charge < -0.3 is 14.8 Å². The largest absolute Gasteiger partial charge is 0.493 e. The van der Waals surface area contributed by atoms with Crippen LogP contribution in [0.4, 0.5) is 5.69 Å². The maximum absolute atomic E-state index is 5.59. The predicted molar refractivity (Wildman–Crippen MR) is 93.3 cm³/mol. The smallest absolute Gasteiger partial charge is 0.175 e. The number of rotatable bonds is 6. The molecule has 112 valence electrons. The fourth-order valence-corrected chi connectivity index (χ4v) is 2.97. The van der Waals surface area contributed by atoms with Crippen molar-refractivity contribution in [2.75, 3.05) is 19.0 Å². The zero-order valence-electron chi connectivity index (χ0n) is 12.0. The summed E-state index contributed by atoms with van der Waals surface area (Å²) in [6.45, 7) is 3.26. The lowest BCUT2D eigenvalue weighted by Gasteiger charge is -2.14. The first-order valence-electron chi connectivity index (χ1n) is 6.62. The maximum atomic E-state index is 5.59. The number of ether oxygens (including phenoxy) is 2. The SMILES string of the molecule is CCOc1c(Br)cc(CNc2cccc(Br)c2)cc1OC. The van der Waals surface area contributed by atoms with E-state index in [4.69, 9.17) is 9.47 Å². The highest BCUT2D eigenvalue weighted by Gasteiger charge is 2.11. The average Bonchev–Trinajstić information content (AvgIpc) is 2.47. The summed E-state index contributed by atoms with van der Waals surface area (Å²) < 4.78 is 12.9. The lowest BCUT2D eigenvalue weighted by atomic mass is 10.2. The van der Waals surface area contributed by atoms with Crippen LogP contribution in [-0.2, 0) is 6.54 Å². The lowest BCUT2D eigenvalue weighted by molar-refractivity contribution is 0.308. The number of nitrogens with one attached hydrogen (secondary N) is 1. The van der Waals surface area contributed by atoms with Gasteiger partial charge in [-0.1, -0.05) is 22.0 Å². The molecule has 0 unspecified atom stereocenters. The molecule has 0 spiro atoms. The molecule has 0 saturated heterocycles. The summed E-state index contributed by atoms with van der Waals surface area (Å²) in [4.78, 5) is 0. The number of anilines is 1. The van der Waals surface area contributed by atoms with Gasteiger partial charge in [0, 0.05) is 16.7 Å². The molecule has 2 aromatic rings. The predicted octanol–water partition coefficient (Wildman–Crippen LogP) is 5.23. The van der Waals surface area contributed by atoms with Crippen molar-refractivity contribution in [2.24, 2.45) is 0 Å². The Labute approximate surface area is 141 Å². The Morgan fingerprint density at radius 1 is 1.14 bits per heavy atom. The van der Waals surface area contributed by atoms with E-state index in [2.05, 4.69) is 37.2 Å². The van der Waals surface area contributed by atoms with Gasteiger partial charge in [-0.05, 0) is 58.7 Å². The minimum atomic E-state index is 0.602. The van der Waals surface area contributed by atoms with Crippen LogP contribution in [0.25, 0.3) is 0 Å². The summed E-state index contributed by atoms with van der Waals surface area (Å²) in [5, 5.41) is 3.38. The van der Waals surface area contributed by atoms with E-state index < -0.39 is 0 Å². The number of methoxy groups -OCH3 is 1. The number of hydrogen-bond donors (Lipinski definition) is 1. The van der Waals surface area contributed by atoms with Gasteiger partial charge >= 0.3 is 0 Å². The first kappa shape index (κ1) is 16.2. The van der Waals surface area contributed by atoms with Gasteiger partial charge in [0.05, 0.1) is 18.2 Å². The van der Waals surface area contributed by atoms with Crippen molar-refractivity contribution in [1.29, 1.82) is 0 Å². The summed E-state index contributed by atoms with van der Waals surface area (Å²) in [5.41, 5.74) is 2.18. The Morgan fingerprint density at radius 3 is 2.62 bits per heavy atom. The second-order valence-electron chi connectivity index (χ2n) is 4.41. The van der Waals surface area contributed by atoms with Crippen LogP contribution in [0.3, 0.4) is 0 Å². The highest BCUT2D eigenvalue weighted by Crippen LogP contribution is 2.36. The lowest BCUT2D eigenvalue weighted by Crippen LogP contribution is -2.02. The molecular weight excluding hydrogens is 398 g/mol. The molecule has 0 aliphatic carbocycles. The molecule has 2 aromatic carbocycles. The van der Waals surface area contributed by atoms with Gasteiger partial charge in [0.2, 0.25) is 0 Å². The van der Waals surface area contributed by atoms with Gasteiger partial charge in [0.15, 0.2) is 11.5 Å². The van der Waals surface area contributed by atoms with Crippen molar-refractivity contribution in [2.45, 2.75) is 13.5 Å². The van der Waals surface area contributed by atoms with Crippen LogP contribution < -0.4 is 14.8 Å². The van der Waals surface area contributed by atoms with Gasteiger partial charge in [-0.25, -0.2) is 0 Å². The highest BCUT2D eigenvalue weighted by atomic mass is 79.9. The van der Waals surface area contributed by atoms with Crippen molar-refractivity contribution in [1.82, 2.24) is 0 Å². The Balaban J connectivity index is 2.15. The zero-order chi connectivity index (χ0) is 15.2. The first-order chi connectivity index (χ1) is 10.1. The normalized spacial score (nSPS) is 10.3. The second-order valence-corrected chi connectivity index (χ2v) is 6.18. The molecule has 0 heterocycles. The molecule has 21 heavy (non-hydrogen) atoms. The molecule has 0 radical (unpaired) electrons. The monoisotopic (exact) mass is 413 g/mol. The van der Waals surface area contributed by atoms with E-state index in [1.165, 1.54) is 0 Å². The summed E-state index contributed by atoms with van der Waals surface area (Å²) in [6, 6.07) is 12.1. The van der Waals surface area contributed by atoms with Crippen molar-refractivity contribution < 1.29 is 9.47 Å². The van der Waals surface area contributed by atoms with Gasteiger partial charge in [-0.2, -0.15) is 0 Å². The van der Waals surface area contributed by atoms with Crippen molar-refractivity contribution in [3.05, 3.63) is 50.9 Å². The second kappa shape index (κ2) is 7.71. The third-order valence-electron chi connectivity index (χ3n) is 2.90. The minimum absolute atomic E-state index is 0.602. The van der Waals surface area contributed by atoms with E-state index >= 15 is 0 Å². The van der Waals surface area contributed by atoms with Crippen molar-refractivity contribution in [3.63, 3.8) is 0 Å². The molecule has 0 aromatic heterocycles. The standard InChI is InChI=1S/C16H17Br2NO2/c1-3-21-16-14(18)7-11(8-15(16)20-2)10-19-13-6-4-5-12(17)9-13/h4-9,19H,3,10H2,1-2H3. The molecule has 3 nitrogen and oxygen atoms in total. The Kier molecular flexibility index (Phi) is 5.94. The van der Waals surface area contributed by atoms with Crippen LogP contribution in [0.2, 0.25) is 0 Å². The molecule has 0 bridgehead atoms. The molecule has 1 N–H and O–H groups in total. The third kappa shape index (κ3) is 4.38. The van der Waals surface area contributed by atoms with Crippen LogP contribution >= 0.6 is 31.9 Å². The number of halogens is 2. The van der Waals surface area contributed by atoms with Crippen LogP contribution in [0.1, 0.15) is 12.5 Å². The van der Waals surface area contributed by atoms with E-state index in [9.17, 15) is 0 Å². The van der Waals surface area contributed by atoms with E-state index in [0.717, 1.165) is 31.7 Å². The van der Waals surface area contributed by atoms with Crippen LogP contribution in [0.5, 0.6) is 11.5 Å². The fourth-order valence-electron chi connectivity index (χ4n) is 1.96. The minimum Gasteiger partial charge on any atom is -0.493 e. The molecule has 0 aliphatic heterocycles.